The number of rotatable bonds is 5. The summed E-state index contributed by atoms with van der Waals surface area (Å²) < 4.78 is 13.5. The molecular formula is C18H25ClFN3O2. The number of halogens is 2. The molecule has 1 aliphatic heterocycles. The number of amides is 2. The van der Waals surface area contributed by atoms with Crippen molar-refractivity contribution in [2.75, 3.05) is 26.2 Å². The number of aryl methyl sites for hydroxylation is 1. The fraction of sp³-hybridized carbons (Fsp3) is 0.556. The Morgan fingerprint density at radius 1 is 1.24 bits per heavy atom. The van der Waals surface area contributed by atoms with Crippen LogP contribution in [-0.4, -0.2) is 38.0 Å². The zero-order valence-electron chi connectivity index (χ0n) is 14.4. The largest absolute Gasteiger partial charge is 0.354 e. The van der Waals surface area contributed by atoms with Crippen molar-refractivity contribution in [3.05, 3.63) is 35.1 Å². The molecule has 1 aromatic rings. The van der Waals surface area contributed by atoms with E-state index in [-0.39, 0.29) is 35.6 Å². The lowest BCUT2D eigenvalue weighted by molar-refractivity contribution is -0.123. The fourth-order valence-electron chi connectivity index (χ4n) is 3.52. The maximum atomic E-state index is 13.5. The first-order chi connectivity index (χ1) is 11.5. The average Bonchev–Trinajstić information content (AvgIpc) is 3.27. The maximum Gasteiger partial charge on any atom is 0.251 e. The van der Waals surface area contributed by atoms with Crippen molar-refractivity contribution >= 4 is 24.2 Å². The van der Waals surface area contributed by atoms with Gasteiger partial charge in [0.1, 0.15) is 5.82 Å². The van der Waals surface area contributed by atoms with Crippen molar-refractivity contribution in [3.63, 3.8) is 0 Å². The van der Waals surface area contributed by atoms with Crippen LogP contribution in [0.15, 0.2) is 18.2 Å². The van der Waals surface area contributed by atoms with Gasteiger partial charge in [-0.3, -0.25) is 9.59 Å². The Morgan fingerprint density at radius 2 is 1.92 bits per heavy atom. The van der Waals surface area contributed by atoms with Gasteiger partial charge in [-0.15, -0.1) is 12.4 Å². The Balaban J connectivity index is 0.00000225. The maximum absolute atomic E-state index is 13.5. The summed E-state index contributed by atoms with van der Waals surface area (Å²) >= 11 is 0. The third-order valence-electron chi connectivity index (χ3n) is 5.25. The minimum Gasteiger partial charge on any atom is -0.354 e. The number of hydrogen-bond acceptors (Lipinski definition) is 3. The molecule has 2 aliphatic rings. The van der Waals surface area contributed by atoms with Gasteiger partial charge in [0.15, 0.2) is 0 Å². The van der Waals surface area contributed by atoms with E-state index in [2.05, 4.69) is 16.0 Å². The molecule has 1 aliphatic carbocycles. The van der Waals surface area contributed by atoms with E-state index in [1.807, 2.05) is 0 Å². The predicted molar refractivity (Wildman–Crippen MR) is 96.4 cm³/mol. The number of nitrogens with one attached hydrogen (secondary N) is 3. The Labute approximate surface area is 153 Å². The van der Waals surface area contributed by atoms with Crippen LogP contribution < -0.4 is 16.0 Å². The topological polar surface area (TPSA) is 70.2 Å². The van der Waals surface area contributed by atoms with E-state index in [0.717, 1.165) is 32.4 Å². The molecule has 1 atom stereocenters. The highest BCUT2D eigenvalue weighted by Crippen LogP contribution is 2.58. The highest BCUT2D eigenvalue weighted by molar-refractivity contribution is 5.94. The van der Waals surface area contributed by atoms with Crippen molar-refractivity contribution in [3.8, 4) is 0 Å². The number of benzene rings is 1. The second kappa shape index (κ2) is 8.15. The van der Waals surface area contributed by atoms with Gasteiger partial charge in [0.25, 0.3) is 5.91 Å². The molecule has 1 heterocycles. The van der Waals surface area contributed by atoms with E-state index in [9.17, 15) is 14.0 Å². The van der Waals surface area contributed by atoms with Crippen LogP contribution in [0.5, 0.6) is 0 Å². The van der Waals surface area contributed by atoms with Crippen molar-refractivity contribution in [2.24, 2.45) is 11.3 Å². The molecule has 0 bridgehead atoms. The third-order valence-corrected chi connectivity index (χ3v) is 5.25. The molecule has 1 spiro atoms. The van der Waals surface area contributed by atoms with Crippen molar-refractivity contribution in [1.82, 2.24) is 16.0 Å². The van der Waals surface area contributed by atoms with Gasteiger partial charge in [0, 0.05) is 24.6 Å². The Bertz CT molecular complexity index is 647. The van der Waals surface area contributed by atoms with E-state index >= 15 is 0 Å². The lowest BCUT2D eigenvalue weighted by Crippen LogP contribution is -2.37. The minimum atomic E-state index is -0.392. The lowest BCUT2D eigenvalue weighted by Gasteiger charge is -2.23. The van der Waals surface area contributed by atoms with E-state index < -0.39 is 5.82 Å². The monoisotopic (exact) mass is 369 g/mol. The van der Waals surface area contributed by atoms with Gasteiger partial charge in [-0.1, -0.05) is 6.07 Å². The average molecular weight is 370 g/mol. The summed E-state index contributed by atoms with van der Waals surface area (Å²) in [5, 5.41) is 8.92. The highest BCUT2D eigenvalue weighted by atomic mass is 35.5. The minimum absolute atomic E-state index is 0. The molecule has 5 nitrogen and oxygen atoms in total. The second-order valence-corrected chi connectivity index (χ2v) is 6.88. The zero-order chi connectivity index (χ0) is 17.2. The summed E-state index contributed by atoms with van der Waals surface area (Å²) in [6, 6.07) is 4.41. The van der Waals surface area contributed by atoms with Gasteiger partial charge >= 0.3 is 0 Å². The molecule has 1 saturated heterocycles. The van der Waals surface area contributed by atoms with Crippen LogP contribution in [-0.2, 0) is 4.79 Å². The SMILES string of the molecule is Cc1ccc(C(=O)NCCNC(=O)C2CC23CCNCC3)cc1F.Cl. The van der Waals surface area contributed by atoms with Gasteiger partial charge < -0.3 is 16.0 Å². The van der Waals surface area contributed by atoms with Gasteiger partial charge in [-0.25, -0.2) is 4.39 Å². The van der Waals surface area contributed by atoms with Gasteiger partial charge in [-0.05, 0) is 62.4 Å². The van der Waals surface area contributed by atoms with Crippen LogP contribution in [0.4, 0.5) is 4.39 Å². The van der Waals surface area contributed by atoms with Gasteiger partial charge in [0.2, 0.25) is 5.91 Å². The molecule has 0 aromatic heterocycles. The summed E-state index contributed by atoms with van der Waals surface area (Å²) in [6.07, 6.45) is 3.12. The lowest BCUT2D eigenvalue weighted by atomic mass is 9.92. The fourth-order valence-corrected chi connectivity index (χ4v) is 3.52. The van der Waals surface area contributed by atoms with Gasteiger partial charge in [0.05, 0.1) is 0 Å². The van der Waals surface area contributed by atoms with Crippen LogP contribution in [0.3, 0.4) is 0 Å². The standard InChI is InChI=1S/C18H24FN3O2.ClH/c1-12-2-3-13(10-15(12)19)16(23)21-8-9-22-17(24)14-11-18(14)4-6-20-7-5-18;/h2-3,10,14,20H,4-9,11H2,1H3,(H,21,23)(H,22,24);1H. The van der Waals surface area contributed by atoms with Crippen molar-refractivity contribution in [1.29, 1.82) is 0 Å². The number of carbonyl (C=O) groups is 2. The van der Waals surface area contributed by atoms with E-state index in [4.69, 9.17) is 0 Å². The molecule has 3 N–H and O–H groups in total. The summed E-state index contributed by atoms with van der Waals surface area (Å²) in [7, 11) is 0. The first-order valence-corrected chi connectivity index (χ1v) is 8.55. The molecular weight excluding hydrogens is 345 g/mol. The van der Waals surface area contributed by atoms with E-state index in [1.54, 1.807) is 19.1 Å². The summed E-state index contributed by atoms with van der Waals surface area (Å²) in [6.45, 7) is 4.37. The Hall–Kier alpha value is -1.66. The third kappa shape index (κ3) is 4.50. The number of carbonyl (C=O) groups excluding carboxylic acids is 2. The van der Waals surface area contributed by atoms with Crippen LogP contribution in [0.25, 0.3) is 0 Å². The van der Waals surface area contributed by atoms with Crippen LogP contribution >= 0.6 is 12.4 Å². The first-order valence-electron chi connectivity index (χ1n) is 8.55. The van der Waals surface area contributed by atoms with E-state index in [0.29, 0.717) is 24.2 Å². The Kier molecular flexibility index (Phi) is 6.41. The number of piperidine rings is 1. The summed E-state index contributed by atoms with van der Waals surface area (Å²) in [4.78, 5) is 24.1. The van der Waals surface area contributed by atoms with Crippen LogP contribution in [0, 0.1) is 24.1 Å². The normalized spacial score (nSPS) is 20.5. The van der Waals surface area contributed by atoms with Gasteiger partial charge in [-0.2, -0.15) is 0 Å². The molecule has 1 unspecified atom stereocenters. The molecule has 7 heteroatoms. The molecule has 2 amide bonds. The van der Waals surface area contributed by atoms with E-state index in [1.165, 1.54) is 6.07 Å². The summed E-state index contributed by atoms with van der Waals surface area (Å²) in [5.74, 6) is -0.504. The first kappa shape index (κ1) is 19.7. The molecule has 25 heavy (non-hydrogen) atoms. The molecule has 0 radical (unpaired) electrons. The number of hydrogen-bond donors (Lipinski definition) is 3. The smallest absolute Gasteiger partial charge is 0.251 e. The van der Waals surface area contributed by atoms with Crippen LogP contribution in [0.2, 0.25) is 0 Å². The second-order valence-electron chi connectivity index (χ2n) is 6.88. The summed E-state index contributed by atoms with van der Waals surface area (Å²) in [5.41, 5.74) is 1.02. The predicted octanol–water partition coefficient (Wildman–Crippen LogP) is 1.79. The Morgan fingerprint density at radius 3 is 2.60 bits per heavy atom. The molecule has 3 rings (SSSR count). The quantitative estimate of drug-likeness (QED) is 0.693. The molecule has 138 valence electrons. The molecule has 1 aromatic carbocycles. The zero-order valence-corrected chi connectivity index (χ0v) is 15.2. The van der Waals surface area contributed by atoms with Crippen molar-refractivity contribution < 1.29 is 14.0 Å². The van der Waals surface area contributed by atoms with Crippen molar-refractivity contribution in [2.45, 2.75) is 26.2 Å². The molecule has 1 saturated carbocycles. The molecule has 2 fully saturated rings. The van der Waals surface area contributed by atoms with Crippen LogP contribution in [0.1, 0.15) is 35.2 Å². The highest BCUT2D eigenvalue weighted by Gasteiger charge is 2.57.